The summed E-state index contributed by atoms with van der Waals surface area (Å²) in [5.74, 6) is 1.59. The predicted octanol–water partition coefficient (Wildman–Crippen LogP) is 1.67. The highest BCUT2D eigenvalue weighted by Crippen LogP contribution is 2.38. The summed E-state index contributed by atoms with van der Waals surface area (Å²) in [6.07, 6.45) is 4.12. The molecule has 1 atom stereocenters. The molecule has 1 aromatic carbocycles. The number of carbonyl (C=O) groups excluding carboxylic acids is 1. The summed E-state index contributed by atoms with van der Waals surface area (Å²) >= 11 is 0. The molecule has 0 spiro atoms. The Kier molecular flexibility index (Phi) is 4.44. The molecule has 4 rings (SSSR count). The van der Waals surface area contributed by atoms with Gasteiger partial charge < -0.3 is 14.4 Å². The predicted molar refractivity (Wildman–Crippen MR) is 90.5 cm³/mol. The van der Waals surface area contributed by atoms with E-state index in [2.05, 4.69) is 10.2 Å². The molecule has 1 aromatic heterocycles. The van der Waals surface area contributed by atoms with Crippen LogP contribution in [0, 0.1) is 11.3 Å². The van der Waals surface area contributed by atoms with E-state index in [-0.39, 0.29) is 24.3 Å². The molecular weight excluding hydrogens is 334 g/mol. The number of amides is 1. The minimum atomic E-state index is -0.0455. The molecule has 1 amide bonds. The van der Waals surface area contributed by atoms with Crippen LogP contribution in [0.1, 0.15) is 36.7 Å². The topological polar surface area (TPSA) is 93.3 Å². The molecule has 8 heteroatoms. The zero-order valence-electron chi connectivity index (χ0n) is 14.3. The van der Waals surface area contributed by atoms with Crippen LogP contribution < -0.4 is 9.47 Å². The maximum atomic E-state index is 12.8. The van der Waals surface area contributed by atoms with Crippen LogP contribution in [0.5, 0.6) is 11.5 Å². The Morgan fingerprint density at radius 1 is 1.27 bits per heavy atom. The van der Waals surface area contributed by atoms with Gasteiger partial charge in [-0.15, -0.1) is 10.2 Å². The van der Waals surface area contributed by atoms with Crippen molar-refractivity contribution in [2.24, 2.45) is 0 Å². The highest BCUT2D eigenvalue weighted by Gasteiger charge is 2.31. The average molecular weight is 353 g/mol. The second kappa shape index (κ2) is 7.04. The molecule has 0 radical (unpaired) electrons. The van der Waals surface area contributed by atoms with Crippen LogP contribution in [-0.2, 0) is 11.3 Å². The van der Waals surface area contributed by atoms with E-state index in [0.29, 0.717) is 19.8 Å². The molecule has 2 aromatic rings. The van der Waals surface area contributed by atoms with Gasteiger partial charge in [0.05, 0.1) is 19.3 Å². The van der Waals surface area contributed by atoms with Gasteiger partial charge in [-0.05, 0) is 30.5 Å². The molecule has 1 saturated heterocycles. The Morgan fingerprint density at radius 2 is 2.12 bits per heavy atom. The van der Waals surface area contributed by atoms with E-state index in [1.807, 2.05) is 29.2 Å². The fourth-order valence-electron chi connectivity index (χ4n) is 3.49. The van der Waals surface area contributed by atoms with Crippen molar-refractivity contribution in [1.82, 2.24) is 19.7 Å². The number of hydrogen-bond acceptors (Lipinski definition) is 6. The summed E-state index contributed by atoms with van der Waals surface area (Å²) < 4.78 is 12.9. The lowest BCUT2D eigenvalue weighted by Crippen LogP contribution is -2.33. The van der Waals surface area contributed by atoms with Crippen LogP contribution in [0.3, 0.4) is 0 Å². The highest BCUT2D eigenvalue weighted by atomic mass is 16.5. The summed E-state index contributed by atoms with van der Waals surface area (Å²) in [5, 5.41) is 16.4. The van der Waals surface area contributed by atoms with E-state index in [0.717, 1.165) is 36.3 Å². The molecule has 2 aliphatic rings. The average Bonchev–Trinajstić information content (AvgIpc) is 3.25. The number of nitriles is 1. The van der Waals surface area contributed by atoms with Crippen LogP contribution in [-0.4, -0.2) is 45.3 Å². The van der Waals surface area contributed by atoms with Crippen molar-refractivity contribution in [2.45, 2.75) is 31.8 Å². The second-order valence-electron chi connectivity index (χ2n) is 6.40. The largest absolute Gasteiger partial charge is 0.490 e. The first kappa shape index (κ1) is 16.4. The van der Waals surface area contributed by atoms with Crippen LogP contribution in [0.25, 0.3) is 0 Å². The number of nitrogens with zero attached hydrogens (tertiary/aromatic N) is 5. The lowest BCUT2D eigenvalue weighted by atomic mass is 10.0. The molecule has 2 aliphatic heterocycles. The van der Waals surface area contributed by atoms with Gasteiger partial charge in [-0.3, -0.25) is 9.36 Å². The van der Waals surface area contributed by atoms with Crippen molar-refractivity contribution >= 4 is 5.91 Å². The Morgan fingerprint density at radius 3 is 2.96 bits per heavy atom. The van der Waals surface area contributed by atoms with Gasteiger partial charge in [0.25, 0.3) is 0 Å². The summed E-state index contributed by atoms with van der Waals surface area (Å²) in [4.78, 5) is 14.7. The van der Waals surface area contributed by atoms with Gasteiger partial charge in [-0.1, -0.05) is 6.07 Å². The number of rotatable bonds is 3. The van der Waals surface area contributed by atoms with E-state index >= 15 is 0 Å². The SMILES string of the molecule is N#Cc1nncn1CC(=O)N1CCCC1c1ccc2c(c1)OCCCO2. The number of benzene rings is 1. The molecular formula is C18H19N5O3. The number of hydrogen-bond donors (Lipinski definition) is 0. The van der Waals surface area contributed by atoms with Crippen molar-refractivity contribution < 1.29 is 14.3 Å². The molecule has 0 N–H and O–H groups in total. The zero-order valence-corrected chi connectivity index (χ0v) is 14.3. The zero-order chi connectivity index (χ0) is 17.9. The Balaban J connectivity index is 1.54. The van der Waals surface area contributed by atoms with Gasteiger partial charge in [0.1, 0.15) is 18.9 Å². The van der Waals surface area contributed by atoms with Gasteiger partial charge in [-0.25, -0.2) is 0 Å². The Bertz CT molecular complexity index is 857. The van der Waals surface area contributed by atoms with Crippen molar-refractivity contribution in [2.75, 3.05) is 19.8 Å². The quantitative estimate of drug-likeness (QED) is 0.833. The van der Waals surface area contributed by atoms with E-state index in [1.54, 1.807) is 0 Å². The number of likely N-dealkylation sites (tertiary alicyclic amines) is 1. The fourth-order valence-corrected chi connectivity index (χ4v) is 3.49. The maximum Gasteiger partial charge on any atom is 0.243 e. The van der Waals surface area contributed by atoms with E-state index in [9.17, 15) is 4.79 Å². The van der Waals surface area contributed by atoms with Crippen LogP contribution in [0.15, 0.2) is 24.5 Å². The van der Waals surface area contributed by atoms with Gasteiger partial charge >= 0.3 is 0 Å². The molecule has 8 nitrogen and oxygen atoms in total. The van der Waals surface area contributed by atoms with E-state index < -0.39 is 0 Å². The summed E-state index contributed by atoms with van der Waals surface area (Å²) in [6, 6.07) is 7.85. The lowest BCUT2D eigenvalue weighted by molar-refractivity contribution is -0.132. The van der Waals surface area contributed by atoms with Crippen molar-refractivity contribution in [3.63, 3.8) is 0 Å². The molecule has 26 heavy (non-hydrogen) atoms. The molecule has 134 valence electrons. The molecule has 0 aliphatic carbocycles. The van der Waals surface area contributed by atoms with Crippen molar-refractivity contribution in [1.29, 1.82) is 5.26 Å². The van der Waals surface area contributed by atoms with Gasteiger partial charge in [0, 0.05) is 13.0 Å². The maximum absolute atomic E-state index is 12.8. The summed E-state index contributed by atoms with van der Waals surface area (Å²) in [7, 11) is 0. The van der Waals surface area contributed by atoms with Crippen LogP contribution in [0.2, 0.25) is 0 Å². The molecule has 1 unspecified atom stereocenters. The summed E-state index contributed by atoms with van der Waals surface area (Å²) in [5.41, 5.74) is 1.05. The molecule has 0 saturated carbocycles. The first-order valence-corrected chi connectivity index (χ1v) is 8.73. The monoisotopic (exact) mass is 353 g/mol. The third kappa shape index (κ3) is 3.08. The Labute approximate surface area is 150 Å². The number of fused-ring (bicyclic) bond motifs is 1. The number of aromatic nitrogens is 3. The third-order valence-electron chi connectivity index (χ3n) is 4.75. The Hall–Kier alpha value is -3.08. The molecule has 3 heterocycles. The number of ether oxygens (including phenoxy) is 2. The van der Waals surface area contributed by atoms with Gasteiger partial charge in [0.2, 0.25) is 11.7 Å². The minimum Gasteiger partial charge on any atom is -0.490 e. The highest BCUT2D eigenvalue weighted by molar-refractivity contribution is 5.77. The van der Waals surface area contributed by atoms with Crippen molar-refractivity contribution in [3.05, 3.63) is 35.9 Å². The fraction of sp³-hybridized carbons (Fsp3) is 0.444. The molecule has 0 bridgehead atoms. The van der Waals surface area contributed by atoms with Crippen molar-refractivity contribution in [3.8, 4) is 17.6 Å². The lowest BCUT2D eigenvalue weighted by Gasteiger charge is -2.26. The first-order chi connectivity index (χ1) is 12.8. The van der Waals surface area contributed by atoms with Gasteiger partial charge in [0.15, 0.2) is 11.5 Å². The standard InChI is InChI=1S/C18H19N5O3/c19-10-17-21-20-12-22(17)11-18(24)23-6-1-3-14(23)13-4-5-15-16(9-13)26-8-2-7-25-15/h4-5,9,12,14H,1-3,6-8,11H2. The smallest absolute Gasteiger partial charge is 0.243 e. The van der Waals surface area contributed by atoms with E-state index in [1.165, 1.54) is 10.9 Å². The summed E-state index contributed by atoms with van der Waals surface area (Å²) in [6.45, 7) is 2.05. The van der Waals surface area contributed by atoms with Crippen LogP contribution in [0.4, 0.5) is 0 Å². The second-order valence-corrected chi connectivity index (χ2v) is 6.40. The van der Waals surface area contributed by atoms with E-state index in [4.69, 9.17) is 14.7 Å². The first-order valence-electron chi connectivity index (χ1n) is 8.73. The third-order valence-corrected chi connectivity index (χ3v) is 4.75. The van der Waals surface area contributed by atoms with Gasteiger partial charge in [-0.2, -0.15) is 5.26 Å². The van der Waals surface area contributed by atoms with Crippen LogP contribution >= 0.6 is 0 Å². The normalized spacial score (nSPS) is 19.0. The minimum absolute atomic E-state index is 0.00155. The number of carbonyl (C=O) groups is 1. The molecule has 1 fully saturated rings.